The van der Waals surface area contributed by atoms with Crippen LogP contribution in [0.4, 0.5) is 0 Å². The Bertz CT molecular complexity index is 446. The number of hydrogen-bond acceptors (Lipinski definition) is 2. The molecule has 84 valence electrons. The van der Waals surface area contributed by atoms with Crippen LogP contribution in [0.3, 0.4) is 0 Å². The zero-order valence-corrected chi connectivity index (χ0v) is 11.1. The maximum Gasteiger partial charge on any atom is 0.251 e. The first kappa shape index (κ1) is 11.5. The van der Waals surface area contributed by atoms with Gasteiger partial charge in [0.25, 0.3) is 5.91 Å². The molecule has 5 heteroatoms. The molecule has 2 N–H and O–H groups in total. The Labute approximate surface area is 108 Å². The van der Waals surface area contributed by atoms with Crippen molar-refractivity contribution >= 4 is 39.2 Å². The lowest BCUT2D eigenvalue weighted by Crippen LogP contribution is -2.45. The molecule has 1 atom stereocenters. The van der Waals surface area contributed by atoms with Gasteiger partial charge in [0.1, 0.15) is 5.54 Å². The molecule has 1 aromatic carbocycles. The Morgan fingerprint density at radius 2 is 2.00 bits per heavy atom. The van der Waals surface area contributed by atoms with Crippen molar-refractivity contribution in [2.75, 3.05) is 0 Å². The number of hydrogen-bond donors (Lipinski definition) is 2. The molecular formula is C11H11BrN2OS. The third-order valence-corrected chi connectivity index (χ3v) is 3.32. The minimum Gasteiger partial charge on any atom is -0.348 e. The second-order valence-electron chi connectivity index (χ2n) is 4.04. The van der Waals surface area contributed by atoms with Crippen molar-refractivity contribution in [3.05, 3.63) is 34.3 Å². The molecule has 1 unspecified atom stereocenters. The monoisotopic (exact) mass is 298 g/mol. The molecule has 2 rings (SSSR count). The number of nitrogens with one attached hydrogen (secondary N) is 2. The van der Waals surface area contributed by atoms with Crippen LogP contribution >= 0.6 is 28.1 Å². The number of carbonyl (C=O) groups is 1. The molecule has 16 heavy (non-hydrogen) atoms. The van der Waals surface area contributed by atoms with E-state index < -0.39 is 5.54 Å². The molecule has 1 amide bonds. The first-order valence-corrected chi connectivity index (χ1v) is 6.08. The standard InChI is InChI=1S/C11H11BrN2OS/c1-11(9(15)13-10(16)14-11)6-7-2-4-8(12)5-3-7/h2-5H,6H2,1H3,(H2,13,14,15,16). The fraction of sp³-hybridized carbons (Fsp3) is 0.273. The second kappa shape index (κ2) is 4.14. The predicted molar refractivity (Wildman–Crippen MR) is 70.1 cm³/mol. The fourth-order valence-electron chi connectivity index (χ4n) is 1.71. The lowest BCUT2D eigenvalue weighted by molar-refractivity contribution is -0.123. The van der Waals surface area contributed by atoms with Gasteiger partial charge < -0.3 is 10.6 Å². The summed E-state index contributed by atoms with van der Waals surface area (Å²) in [5, 5.41) is 6.02. The van der Waals surface area contributed by atoms with Gasteiger partial charge in [0.2, 0.25) is 0 Å². The second-order valence-corrected chi connectivity index (χ2v) is 5.37. The van der Waals surface area contributed by atoms with Gasteiger partial charge in [-0.1, -0.05) is 28.1 Å². The molecule has 1 saturated heterocycles. The van der Waals surface area contributed by atoms with E-state index in [1.807, 2.05) is 31.2 Å². The number of thiocarbonyl (C=S) groups is 1. The summed E-state index contributed by atoms with van der Waals surface area (Å²) in [7, 11) is 0. The fourth-order valence-corrected chi connectivity index (χ4v) is 2.30. The maximum atomic E-state index is 11.7. The summed E-state index contributed by atoms with van der Waals surface area (Å²) in [5.41, 5.74) is 0.461. The Balaban J connectivity index is 2.18. The van der Waals surface area contributed by atoms with E-state index in [1.54, 1.807) is 0 Å². The maximum absolute atomic E-state index is 11.7. The first-order chi connectivity index (χ1) is 7.49. The number of halogens is 1. The van der Waals surface area contributed by atoms with Crippen LogP contribution < -0.4 is 10.6 Å². The van der Waals surface area contributed by atoms with Gasteiger partial charge in [-0.15, -0.1) is 0 Å². The molecule has 3 nitrogen and oxygen atoms in total. The van der Waals surface area contributed by atoms with Gasteiger partial charge in [0, 0.05) is 10.9 Å². The highest BCUT2D eigenvalue weighted by molar-refractivity contribution is 9.10. The van der Waals surface area contributed by atoms with Crippen molar-refractivity contribution in [2.45, 2.75) is 18.9 Å². The van der Waals surface area contributed by atoms with Crippen molar-refractivity contribution in [2.24, 2.45) is 0 Å². The van der Waals surface area contributed by atoms with E-state index in [-0.39, 0.29) is 5.91 Å². The molecule has 0 saturated carbocycles. The van der Waals surface area contributed by atoms with Crippen molar-refractivity contribution < 1.29 is 4.79 Å². The topological polar surface area (TPSA) is 41.1 Å². The van der Waals surface area contributed by atoms with Gasteiger partial charge in [-0.25, -0.2) is 0 Å². The molecule has 1 aromatic rings. The van der Waals surface area contributed by atoms with E-state index in [1.165, 1.54) is 0 Å². The van der Waals surface area contributed by atoms with Crippen LogP contribution in [0.5, 0.6) is 0 Å². The summed E-state index contributed by atoms with van der Waals surface area (Å²) in [5.74, 6) is -0.0691. The van der Waals surface area contributed by atoms with Crippen molar-refractivity contribution in [1.82, 2.24) is 10.6 Å². The van der Waals surface area contributed by atoms with Gasteiger partial charge in [0.15, 0.2) is 5.11 Å². The van der Waals surface area contributed by atoms with Crippen LogP contribution in [0, 0.1) is 0 Å². The van der Waals surface area contributed by atoms with E-state index >= 15 is 0 Å². The SMILES string of the molecule is CC1(Cc2ccc(Br)cc2)NC(=S)NC1=O. The van der Waals surface area contributed by atoms with E-state index in [4.69, 9.17) is 12.2 Å². The van der Waals surface area contributed by atoms with Crippen LogP contribution in [-0.2, 0) is 11.2 Å². The molecule has 1 fully saturated rings. The highest BCUT2D eigenvalue weighted by Crippen LogP contribution is 2.19. The summed E-state index contributed by atoms with van der Waals surface area (Å²) in [6.45, 7) is 1.85. The smallest absolute Gasteiger partial charge is 0.251 e. The molecule has 1 aliphatic rings. The van der Waals surface area contributed by atoms with Gasteiger partial charge in [0.05, 0.1) is 0 Å². The molecule has 0 spiro atoms. The van der Waals surface area contributed by atoms with Gasteiger partial charge >= 0.3 is 0 Å². The first-order valence-electron chi connectivity index (χ1n) is 4.88. The number of carbonyl (C=O) groups excluding carboxylic acids is 1. The molecule has 0 bridgehead atoms. The number of rotatable bonds is 2. The summed E-state index contributed by atoms with van der Waals surface area (Å²) >= 11 is 8.31. The Morgan fingerprint density at radius 1 is 1.38 bits per heavy atom. The number of amides is 1. The Kier molecular flexibility index (Phi) is 2.99. The molecule has 0 aromatic heterocycles. The van der Waals surface area contributed by atoms with E-state index in [2.05, 4.69) is 26.6 Å². The minimum atomic E-state index is -0.634. The van der Waals surface area contributed by atoms with Crippen LogP contribution in [0.1, 0.15) is 12.5 Å². The quantitative estimate of drug-likeness (QED) is 0.818. The predicted octanol–water partition coefficient (Wildman–Crippen LogP) is 1.75. The lowest BCUT2D eigenvalue weighted by Gasteiger charge is -2.21. The lowest BCUT2D eigenvalue weighted by atomic mass is 9.93. The third-order valence-electron chi connectivity index (χ3n) is 2.59. The van der Waals surface area contributed by atoms with Crippen LogP contribution in [-0.4, -0.2) is 16.6 Å². The largest absolute Gasteiger partial charge is 0.348 e. The van der Waals surface area contributed by atoms with Crippen molar-refractivity contribution in [3.63, 3.8) is 0 Å². The summed E-state index contributed by atoms with van der Waals surface area (Å²) in [6, 6.07) is 7.91. The molecular weight excluding hydrogens is 288 g/mol. The Morgan fingerprint density at radius 3 is 2.50 bits per heavy atom. The van der Waals surface area contributed by atoms with Crippen LogP contribution in [0.15, 0.2) is 28.7 Å². The summed E-state index contributed by atoms with van der Waals surface area (Å²) in [4.78, 5) is 11.7. The molecule has 0 aliphatic carbocycles. The molecule has 1 heterocycles. The third kappa shape index (κ3) is 2.25. The Hall–Kier alpha value is -0.940. The van der Waals surface area contributed by atoms with E-state index in [0.717, 1.165) is 10.0 Å². The summed E-state index contributed by atoms with van der Waals surface area (Å²) < 4.78 is 1.03. The van der Waals surface area contributed by atoms with Gasteiger partial charge in [-0.2, -0.15) is 0 Å². The van der Waals surface area contributed by atoms with Crippen LogP contribution in [0.2, 0.25) is 0 Å². The van der Waals surface area contributed by atoms with Crippen molar-refractivity contribution in [1.29, 1.82) is 0 Å². The van der Waals surface area contributed by atoms with Crippen LogP contribution in [0.25, 0.3) is 0 Å². The average Bonchev–Trinajstić information content (AvgIpc) is 2.44. The molecule has 1 aliphatic heterocycles. The molecule has 0 radical (unpaired) electrons. The highest BCUT2D eigenvalue weighted by Gasteiger charge is 2.39. The summed E-state index contributed by atoms with van der Waals surface area (Å²) in [6.07, 6.45) is 0.617. The van der Waals surface area contributed by atoms with E-state index in [0.29, 0.717) is 11.5 Å². The van der Waals surface area contributed by atoms with Gasteiger partial charge in [-0.3, -0.25) is 4.79 Å². The van der Waals surface area contributed by atoms with Gasteiger partial charge in [-0.05, 0) is 36.8 Å². The van der Waals surface area contributed by atoms with Crippen molar-refractivity contribution in [3.8, 4) is 0 Å². The number of benzene rings is 1. The zero-order valence-electron chi connectivity index (χ0n) is 8.71. The minimum absolute atomic E-state index is 0.0691. The highest BCUT2D eigenvalue weighted by atomic mass is 79.9. The zero-order chi connectivity index (χ0) is 11.8. The van der Waals surface area contributed by atoms with E-state index in [9.17, 15) is 4.79 Å². The normalized spacial score (nSPS) is 24.1. The average molecular weight is 299 g/mol.